The predicted octanol–water partition coefficient (Wildman–Crippen LogP) is 4.57. The fraction of sp³-hybridized carbons (Fsp3) is 0.765. The molecule has 5 rings (SSSR count). The molecule has 6 atom stereocenters. The highest BCUT2D eigenvalue weighted by atomic mass is 31.2. The summed E-state index contributed by atoms with van der Waals surface area (Å²) in [6.07, 6.45) is 2.32. The lowest BCUT2D eigenvalue weighted by Crippen LogP contribution is -2.47. The van der Waals surface area contributed by atoms with Gasteiger partial charge in [0.25, 0.3) is 5.91 Å². The molecule has 3 aliphatic heterocycles. The smallest absolute Gasteiger partial charge is 0.435 e. The van der Waals surface area contributed by atoms with E-state index in [9.17, 15) is 18.9 Å². The third-order valence-corrected chi connectivity index (χ3v) is 10.1. The van der Waals surface area contributed by atoms with Crippen molar-refractivity contribution in [3.63, 3.8) is 0 Å². The number of carbonyl (C=O) groups is 3. The van der Waals surface area contributed by atoms with E-state index in [1.807, 2.05) is 0 Å². The Morgan fingerprint density at radius 1 is 0.981 bits per heavy atom. The third kappa shape index (κ3) is 10.8. The van der Waals surface area contributed by atoms with Crippen molar-refractivity contribution < 1.29 is 51.7 Å². The van der Waals surface area contributed by atoms with E-state index >= 15 is 0 Å². The number of likely N-dealkylation sites (tertiary alicyclic amines) is 1. The van der Waals surface area contributed by atoms with Gasteiger partial charge in [-0.2, -0.15) is 0 Å². The standard InChI is InChI=1S/C34H55N8O11P/c1-32(2,3)52-30(44)36-15-11-9-10-12-17-47-54(46,40-28(43)21-14-13-16-41(21)31(45)53-33(4,5)6)48-18-22-24-25(51-34(7,8)50-24)29(49-22)42-20-39-23-26(35)37-19-38-27(23)42/h19-22,24-25,29H,9-18H2,1-8H3,(H,36,44)(H2,35,37,38)(H,40,43,46)/t21-,22+,24+,25+,29+,54?/m0/s1. The van der Waals surface area contributed by atoms with Crippen LogP contribution in [0, 0.1) is 0 Å². The molecule has 2 aromatic heterocycles. The highest BCUT2D eigenvalue weighted by Crippen LogP contribution is 2.48. The van der Waals surface area contributed by atoms with Gasteiger partial charge in [-0.3, -0.25) is 28.4 Å². The lowest BCUT2D eigenvalue weighted by atomic mass is 10.1. The summed E-state index contributed by atoms with van der Waals surface area (Å²) in [7, 11) is -4.35. The number of carbonyl (C=O) groups excluding carboxylic acids is 3. The zero-order valence-electron chi connectivity index (χ0n) is 32.4. The second-order valence-corrected chi connectivity index (χ2v) is 17.7. The number of nitrogen functional groups attached to an aromatic ring is 1. The summed E-state index contributed by atoms with van der Waals surface area (Å²) < 4.78 is 57.4. The largest absolute Gasteiger partial charge is 0.444 e. The summed E-state index contributed by atoms with van der Waals surface area (Å²) in [6, 6.07) is -0.939. The van der Waals surface area contributed by atoms with Crippen LogP contribution in [0.2, 0.25) is 0 Å². The number of unbranched alkanes of at least 4 members (excludes halogenated alkanes) is 3. The Morgan fingerprint density at radius 3 is 2.41 bits per heavy atom. The van der Waals surface area contributed by atoms with Crippen LogP contribution in [-0.2, 0) is 42.1 Å². The van der Waals surface area contributed by atoms with Gasteiger partial charge in [-0.1, -0.05) is 12.8 Å². The monoisotopic (exact) mass is 782 g/mol. The van der Waals surface area contributed by atoms with Gasteiger partial charge in [0, 0.05) is 13.1 Å². The highest BCUT2D eigenvalue weighted by Gasteiger charge is 2.57. The molecule has 4 N–H and O–H groups in total. The Labute approximate surface area is 315 Å². The number of nitrogens with two attached hydrogens (primary N) is 1. The van der Waals surface area contributed by atoms with Crippen molar-refractivity contribution in [3.8, 4) is 0 Å². The number of rotatable bonds is 14. The molecule has 19 nitrogen and oxygen atoms in total. The zero-order valence-corrected chi connectivity index (χ0v) is 33.3. The molecule has 3 fully saturated rings. The number of fused-ring (bicyclic) bond motifs is 2. The minimum atomic E-state index is -4.35. The zero-order chi connectivity index (χ0) is 39.5. The van der Waals surface area contributed by atoms with Crippen LogP contribution >= 0.6 is 7.75 Å². The number of anilines is 1. The Hall–Kier alpha value is -3.61. The van der Waals surface area contributed by atoms with E-state index in [0.29, 0.717) is 56.4 Å². The second-order valence-electron chi connectivity index (χ2n) is 16.0. The molecule has 0 aromatic carbocycles. The highest BCUT2D eigenvalue weighted by molar-refractivity contribution is 7.52. The maximum atomic E-state index is 14.4. The third-order valence-electron chi connectivity index (χ3n) is 8.63. The number of alkyl carbamates (subject to hydrolysis) is 1. The van der Waals surface area contributed by atoms with Crippen LogP contribution < -0.4 is 16.1 Å². The number of ether oxygens (including phenoxy) is 5. The van der Waals surface area contributed by atoms with Crippen LogP contribution in [0.4, 0.5) is 15.4 Å². The first-order valence-corrected chi connectivity index (χ1v) is 19.9. The number of hydrogen-bond acceptors (Lipinski definition) is 15. The lowest BCUT2D eigenvalue weighted by molar-refractivity contribution is -0.199. The van der Waals surface area contributed by atoms with Gasteiger partial charge >= 0.3 is 19.9 Å². The number of nitrogens with zero attached hydrogens (tertiary/aromatic N) is 5. The summed E-state index contributed by atoms with van der Waals surface area (Å²) in [4.78, 5) is 52.5. The Balaban J connectivity index is 1.24. The average Bonchev–Trinajstić information content (AvgIpc) is 3.83. The molecule has 3 amide bonds. The Bertz CT molecular complexity index is 1690. The Kier molecular flexibility index (Phi) is 12.8. The Morgan fingerprint density at radius 2 is 1.69 bits per heavy atom. The van der Waals surface area contributed by atoms with Crippen LogP contribution in [0.25, 0.3) is 11.2 Å². The number of amides is 3. The first-order valence-electron chi connectivity index (χ1n) is 18.4. The molecule has 54 heavy (non-hydrogen) atoms. The van der Waals surface area contributed by atoms with Gasteiger partial charge in [0.1, 0.15) is 47.4 Å². The summed E-state index contributed by atoms with van der Waals surface area (Å²) in [5, 5.41) is 5.21. The molecule has 0 saturated carbocycles. The van der Waals surface area contributed by atoms with Gasteiger partial charge in [-0.15, -0.1) is 0 Å². The summed E-state index contributed by atoms with van der Waals surface area (Å²) in [5.41, 5.74) is 5.48. The van der Waals surface area contributed by atoms with Gasteiger partial charge in [0.2, 0.25) is 0 Å². The number of aromatic nitrogens is 4. The van der Waals surface area contributed by atoms with Crippen molar-refractivity contribution in [1.29, 1.82) is 0 Å². The molecule has 20 heteroatoms. The van der Waals surface area contributed by atoms with Crippen LogP contribution in [-0.4, -0.2) is 110 Å². The first kappa shape index (κ1) is 41.6. The number of hydrogen-bond donors (Lipinski definition) is 3. The maximum Gasteiger partial charge on any atom is 0.435 e. The van der Waals surface area contributed by atoms with Crippen molar-refractivity contribution >= 4 is 42.8 Å². The topological polar surface area (TPSA) is 230 Å². The van der Waals surface area contributed by atoms with Gasteiger partial charge < -0.3 is 34.7 Å². The van der Waals surface area contributed by atoms with Gasteiger partial charge in [0.05, 0.1) is 19.5 Å². The van der Waals surface area contributed by atoms with Crippen LogP contribution in [0.3, 0.4) is 0 Å². The molecule has 2 aromatic rings. The van der Waals surface area contributed by atoms with E-state index < -0.39 is 73.4 Å². The van der Waals surface area contributed by atoms with Crippen LogP contribution in [0.5, 0.6) is 0 Å². The molecule has 1 unspecified atom stereocenters. The first-order chi connectivity index (χ1) is 25.2. The van der Waals surface area contributed by atoms with Crippen LogP contribution in [0.15, 0.2) is 12.7 Å². The molecule has 0 bridgehead atoms. The summed E-state index contributed by atoms with van der Waals surface area (Å²) >= 11 is 0. The van der Waals surface area contributed by atoms with Crippen molar-refractivity contribution in [2.75, 3.05) is 32.0 Å². The van der Waals surface area contributed by atoms with E-state index in [4.69, 9.17) is 38.5 Å². The molecule has 0 aliphatic carbocycles. The van der Waals surface area contributed by atoms with Gasteiger partial charge in [-0.25, -0.2) is 29.1 Å². The molecule has 0 spiro atoms. The summed E-state index contributed by atoms with van der Waals surface area (Å²) in [5.74, 6) is -1.47. The summed E-state index contributed by atoms with van der Waals surface area (Å²) in [6.45, 7) is 14.6. The van der Waals surface area contributed by atoms with Crippen molar-refractivity contribution in [2.45, 2.75) is 141 Å². The minimum absolute atomic E-state index is 0.00744. The minimum Gasteiger partial charge on any atom is -0.444 e. The SMILES string of the molecule is CC(C)(C)OC(=O)NCCCCCCOP(=O)(NC(=O)[C@@H]1CCCN1C(=O)OC(C)(C)C)OC[C@H]1O[C@@H](n2cnc3c(N)ncnc32)[C@@H]2OC(C)(C)O[C@@H]21. The molecule has 302 valence electrons. The van der Waals surface area contributed by atoms with Gasteiger partial charge in [-0.05, 0) is 81.1 Å². The number of imidazole rings is 1. The average molecular weight is 783 g/mol. The normalized spacial score (nSPS) is 25.0. The van der Waals surface area contributed by atoms with Gasteiger partial charge in [0.15, 0.2) is 23.5 Å². The van der Waals surface area contributed by atoms with Crippen LogP contribution in [0.1, 0.15) is 100 Å². The molecule has 3 saturated heterocycles. The molecular weight excluding hydrogens is 727 g/mol. The van der Waals surface area contributed by atoms with Crippen molar-refractivity contribution in [2.24, 2.45) is 0 Å². The van der Waals surface area contributed by atoms with E-state index in [1.165, 1.54) is 17.6 Å². The molecule has 3 aliphatic rings. The fourth-order valence-corrected chi connectivity index (χ4v) is 7.74. The van der Waals surface area contributed by atoms with Crippen molar-refractivity contribution in [1.82, 2.24) is 34.8 Å². The maximum absolute atomic E-state index is 14.4. The van der Waals surface area contributed by atoms with Crippen molar-refractivity contribution in [3.05, 3.63) is 12.7 Å². The van der Waals surface area contributed by atoms with E-state index in [-0.39, 0.29) is 19.0 Å². The van der Waals surface area contributed by atoms with E-state index in [1.54, 1.807) is 60.0 Å². The lowest BCUT2D eigenvalue weighted by Gasteiger charge is -2.29. The van der Waals surface area contributed by atoms with E-state index in [2.05, 4.69) is 25.4 Å². The molecule has 0 radical (unpaired) electrons. The molecular formula is C34H55N8O11P. The fourth-order valence-electron chi connectivity index (χ4n) is 6.40. The second kappa shape index (κ2) is 16.6. The predicted molar refractivity (Wildman–Crippen MR) is 194 cm³/mol. The molecule has 5 heterocycles. The quantitative estimate of drug-likeness (QED) is 0.176. The van der Waals surface area contributed by atoms with E-state index in [0.717, 1.165) is 6.42 Å². The number of nitrogens with one attached hydrogen (secondary N) is 2.